The first-order valence-electron chi connectivity index (χ1n) is 12.2. The zero-order valence-electron chi connectivity index (χ0n) is 19.4. The van der Waals surface area contributed by atoms with E-state index in [4.69, 9.17) is 0 Å². The molecular formula is C25H40N4O2. The van der Waals surface area contributed by atoms with Crippen molar-refractivity contribution in [2.45, 2.75) is 71.4 Å². The monoisotopic (exact) mass is 428 g/mol. The highest BCUT2D eigenvalue weighted by molar-refractivity contribution is 5.94. The molecule has 1 aromatic carbocycles. The van der Waals surface area contributed by atoms with Gasteiger partial charge in [-0.25, -0.2) is 4.79 Å². The maximum atomic E-state index is 12.7. The van der Waals surface area contributed by atoms with Crippen LogP contribution >= 0.6 is 0 Å². The van der Waals surface area contributed by atoms with Crippen LogP contribution in [0.2, 0.25) is 0 Å². The molecule has 0 bridgehead atoms. The molecule has 2 aliphatic heterocycles. The van der Waals surface area contributed by atoms with Crippen molar-refractivity contribution in [2.75, 3.05) is 32.7 Å². The standard InChI is InChI=1S/C25H40N4O2/c1-20-8-7-16-28(19-20)15-6-4-14-26-25(31)27-18-22-10-12-23(13-11-22)24(30)29-17-5-3-9-21(29)2/h10-13,20-21H,3-9,14-19H2,1-2H3,(H2,26,27,31)/t20-,21-/m0/s1. The fourth-order valence-corrected chi connectivity index (χ4v) is 4.73. The minimum Gasteiger partial charge on any atom is -0.338 e. The average Bonchev–Trinajstić information content (AvgIpc) is 2.78. The van der Waals surface area contributed by atoms with E-state index >= 15 is 0 Å². The molecule has 3 rings (SSSR count). The second-order valence-corrected chi connectivity index (χ2v) is 9.40. The average molecular weight is 429 g/mol. The van der Waals surface area contributed by atoms with Gasteiger partial charge in [-0.05, 0) is 88.6 Å². The van der Waals surface area contributed by atoms with E-state index in [-0.39, 0.29) is 11.9 Å². The molecule has 0 aliphatic carbocycles. The van der Waals surface area contributed by atoms with Gasteiger partial charge in [0.05, 0.1) is 0 Å². The molecule has 2 saturated heterocycles. The zero-order valence-corrected chi connectivity index (χ0v) is 19.4. The Hall–Kier alpha value is -2.08. The van der Waals surface area contributed by atoms with Crippen molar-refractivity contribution in [2.24, 2.45) is 5.92 Å². The van der Waals surface area contributed by atoms with Gasteiger partial charge in [0, 0.05) is 37.8 Å². The number of hydrogen-bond donors (Lipinski definition) is 2. The highest BCUT2D eigenvalue weighted by Gasteiger charge is 2.24. The molecule has 1 aromatic rings. The maximum Gasteiger partial charge on any atom is 0.315 e. The molecule has 2 heterocycles. The van der Waals surface area contributed by atoms with Gasteiger partial charge >= 0.3 is 6.03 Å². The highest BCUT2D eigenvalue weighted by Crippen LogP contribution is 2.19. The molecule has 6 nitrogen and oxygen atoms in total. The lowest BCUT2D eigenvalue weighted by molar-refractivity contribution is 0.0635. The number of likely N-dealkylation sites (tertiary alicyclic amines) is 2. The molecular weight excluding hydrogens is 388 g/mol. The molecule has 172 valence electrons. The van der Waals surface area contributed by atoms with Gasteiger partial charge in [-0.1, -0.05) is 19.1 Å². The fourth-order valence-electron chi connectivity index (χ4n) is 4.73. The van der Waals surface area contributed by atoms with Crippen LogP contribution in [0.4, 0.5) is 4.79 Å². The molecule has 0 saturated carbocycles. The van der Waals surface area contributed by atoms with Crippen molar-refractivity contribution in [1.29, 1.82) is 0 Å². The first-order chi connectivity index (χ1) is 15.0. The lowest BCUT2D eigenvalue weighted by Gasteiger charge is -2.33. The van der Waals surface area contributed by atoms with Crippen molar-refractivity contribution >= 4 is 11.9 Å². The summed E-state index contributed by atoms with van der Waals surface area (Å²) in [7, 11) is 0. The van der Waals surface area contributed by atoms with Crippen LogP contribution in [-0.2, 0) is 6.54 Å². The molecule has 2 fully saturated rings. The number of urea groups is 1. The van der Waals surface area contributed by atoms with Crippen LogP contribution in [-0.4, -0.2) is 60.5 Å². The summed E-state index contributed by atoms with van der Waals surface area (Å²) in [6.45, 7) is 10.0. The van der Waals surface area contributed by atoms with Crippen molar-refractivity contribution in [1.82, 2.24) is 20.4 Å². The van der Waals surface area contributed by atoms with E-state index in [0.717, 1.165) is 55.8 Å². The minimum absolute atomic E-state index is 0.114. The second kappa shape index (κ2) is 12.1. The van der Waals surface area contributed by atoms with Crippen molar-refractivity contribution in [3.8, 4) is 0 Å². The molecule has 0 unspecified atom stereocenters. The predicted octanol–water partition coefficient (Wildman–Crippen LogP) is 4.01. The van der Waals surface area contributed by atoms with Crippen LogP contribution in [0.15, 0.2) is 24.3 Å². The van der Waals surface area contributed by atoms with E-state index in [2.05, 4.69) is 29.4 Å². The van der Waals surface area contributed by atoms with Crippen LogP contribution in [0.1, 0.15) is 74.7 Å². The van der Waals surface area contributed by atoms with E-state index < -0.39 is 0 Å². The lowest BCUT2D eigenvalue weighted by atomic mass is 10.0. The van der Waals surface area contributed by atoms with Gasteiger partial charge in [-0.3, -0.25) is 4.79 Å². The molecule has 2 N–H and O–H groups in total. The largest absolute Gasteiger partial charge is 0.338 e. The summed E-state index contributed by atoms with van der Waals surface area (Å²) in [6, 6.07) is 7.80. The van der Waals surface area contributed by atoms with Gasteiger partial charge in [-0.2, -0.15) is 0 Å². The van der Waals surface area contributed by atoms with Gasteiger partial charge < -0.3 is 20.4 Å². The number of unbranched alkanes of at least 4 members (excludes halogenated alkanes) is 1. The van der Waals surface area contributed by atoms with Crippen LogP contribution in [0.5, 0.6) is 0 Å². The first kappa shape index (κ1) is 23.6. The third-order valence-electron chi connectivity index (χ3n) is 6.65. The summed E-state index contributed by atoms with van der Waals surface area (Å²) >= 11 is 0. The summed E-state index contributed by atoms with van der Waals surface area (Å²) in [5, 5.41) is 5.86. The van der Waals surface area contributed by atoms with Crippen molar-refractivity contribution in [3.05, 3.63) is 35.4 Å². The number of carbonyl (C=O) groups is 2. The van der Waals surface area contributed by atoms with E-state index in [9.17, 15) is 9.59 Å². The van der Waals surface area contributed by atoms with E-state index in [1.165, 1.54) is 32.4 Å². The lowest BCUT2D eigenvalue weighted by Crippen LogP contribution is -2.42. The highest BCUT2D eigenvalue weighted by atomic mass is 16.2. The Labute approximate surface area is 187 Å². The summed E-state index contributed by atoms with van der Waals surface area (Å²) in [4.78, 5) is 29.3. The molecule has 2 atom stereocenters. The Morgan fingerprint density at radius 1 is 0.968 bits per heavy atom. The first-order valence-corrected chi connectivity index (χ1v) is 12.2. The Morgan fingerprint density at radius 2 is 1.77 bits per heavy atom. The zero-order chi connectivity index (χ0) is 22.1. The second-order valence-electron chi connectivity index (χ2n) is 9.40. The Kier molecular flexibility index (Phi) is 9.19. The van der Waals surface area contributed by atoms with Gasteiger partial charge in [0.15, 0.2) is 0 Å². The van der Waals surface area contributed by atoms with Crippen LogP contribution in [0.25, 0.3) is 0 Å². The molecule has 3 amide bonds. The van der Waals surface area contributed by atoms with Crippen LogP contribution in [0.3, 0.4) is 0 Å². The number of amides is 3. The van der Waals surface area contributed by atoms with Gasteiger partial charge in [0.1, 0.15) is 0 Å². The third kappa shape index (κ3) is 7.53. The van der Waals surface area contributed by atoms with Crippen molar-refractivity contribution < 1.29 is 9.59 Å². The fraction of sp³-hybridized carbons (Fsp3) is 0.680. The number of carbonyl (C=O) groups excluding carboxylic acids is 2. The van der Waals surface area contributed by atoms with E-state index in [1.54, 1.807) is 0 Å². The summed E-state index contributed by atoms with van der Waals surface area (Å²) < 4.78 is 0. The number of hydrogen-bond acceptors (Lipinski definition) is 3. The summed E-state index contributed by atoms with van der Waals surface area (Å²) in [5.74, 6) is 0.932. The molecule has 2 aliphatic rings. The SMILES string of the molecule is C[C@H]1CCCN(CCCCNC(=O)NCc2ccc(C(=O)N3CCCC[C@@H]3C)cc2)C1. The molecule has 31 heavy (non-hydrogen) atoms. The number of rotatable bonds is 8. The minimum atomic E-state index is -0.131. The Bertz CT molecular complexity index is 706. The van der Waals surface area contributed by atoms with E-state index in [0.29, 0.717) is 19.1 Å². The third-order valence-corrected chi connectivity index (χ3v) is 6.65. The summed E-state index contributed by atoms with van der Waals surface area (Å²) in [6.07, 6.45) is 8.17. The number of nitrogens with zero attached hydrogens (tertiary/aromatic N) is 2. The van der Waals surface area contributed by atoms with E-state index in [1.807, 2.05) is 29.2 Å². The molecule has 0 spiro atoms. The maximum absolute atomic E-state index is 12.7. The molecule has 0 radical (unpaired) electrons. The molecule has 0 aromatic heterocycles. The number of benzene rings is 1. The molecule has 6 heteroatoms. The van der Waals surface area contributed by atoms with Gasteiger partial charge in [-0.15, -0.1) is 0 Å². The van der Waals surface area contributed by atoms with Crippen molar-refractivity contribution in [3.63, 3.8) is 0 Å². The summed E-state index contributed by atoms with van der Waals surface area (Å²) in [5.41, 5.74) is 1.72. The number of nitrogens with one attached hydrogen (secondary N) is 2. The number of piperidine rings is 2. The van der Waals surface area contributed by atoms with Crippen LogP contribution in [0, 0.1) is 5.92 Å². The Morgan fingerprint density at radius 3 is 2.52 bits per heavy atom. The topological polar surface area (TPSA) is 64.7 Å². The van der Waals surface area contributed by atoms with Gasteiger partial charge in [0.2, 0.25) is 0 Å². The Balaban J connectivity index is 1.30. The smallest absolute Gasteiger partial charge is 0.315 e. The predicted molar refractivity (Wildman–Crippen MR) is 125 cm³/mol. The quantitative estimate of drug-likeness (QED) is 0.615. The van der Waals surface area contributed by atoms with Gasteiger partial charge in [0.25, 0.3) is 5.91 Å². The van der Waals surface area contributed by atoms with Crippen LogP contribution < -0.4 is 10.6 Å². The normalized spacial score (nSPS) is 22.2.